The van der Waals surface area contributed by atoms with Crippen molar-refractivity contribution in [2.24, 2.45) is 15.9 Å². The van der Waals surface area contributed by atoms with Crippen LogP contribution < -0.4 is 11.1 Å². The van der Waals surface area contributed by atoms with Crippen LogP contribution in [0.2, 0.25) is 0 Å². The molecule has 7 heteroatoms. The average molecular weight is 478 g/mol. The highest BCUT2D eigenvalue weighted by Crippen LogP contribution is 2.30. The molecule has 0 amide bonds. The molecular formula is C29H27N5O2. The number of pyridine rings is 2. The van der Waals surface area contributed by atoms with Crippen molar-refractivity contribution in [2.75, 3.05) is 0 Å². The summed E-state index contributed by atoms with van der Waals surface area (Å²) in [4.78, 5) is 34.9. The van der Waals surface area contributed by atoms with Gasteiger partial charge in [-0.15, -0.1) is 0 Å². The third-order valence-electron chi connectivity index (χ3n) is 6.22. The van der Waals surface area contributed by atoms with E-state index in [4.69, 9.17) is 0 Å². The summed E-state index contributed by atoms with van der Waals surface area (Å²) in [5.41, 5.74) is 2.63. The van der Waals surface area contributed by atoms with Gasteiger partial charge in [0.1, 0.15) is 11.8 Å². The van der Waals surface area contributed by atoms with Crippen LogP contribution in [-0.2, 0) is 6.54 Å². The molecule has 2 unspecified atom stereocenters. The number of aryl methyl sites for hydroxylation is 1. The molecule has 0 bridgehead atoms. The molecule has 2 aromatic heterocycles. The molecule has 0 spiro atoms. The number of hydrogen-bond acceptors (Lipinski definition) is 4. The van der Waals surface area contributed by atoms with E-state index in [-0.39, 0.29) is 11.1 Å². The van der Waals surface area contributed by atoms with E-state index in [1.54, 1.807) is 28.3 Å². The van der Waals surface area contributed by atoms with Crippen LogP contribution in [0.5, 0.6) is 0 Å². The van der Waals surface area contributed by atoms with E-state index >= 15 is 0 Å². The van der Waals surface area contributed by atoms with Crippen LogP contribution in [-0.4, -0.2) is 21.7 Å². The summed E-state index contributed by atoms with van der Waals surface area (Å²) in [5.74, 6) is -0.198. The molecule has 0 aliphatic carbocycles. The Balaban J connectivity index is 2.05. The normalized spacial score (nSPS) is 13.2. The molecule has 2 atom stereocenters. The highest BCUT2D eigenvalue weighted by molar-refractivity contribution is 5.96. The summed E-state index contributed by atoms with van der Waals surface area (Å²) in [6, 6.07) is 22.0. The molecule has 2 heterocycles. The van der Waals surface area contributed by atoms with Gasteiger partial charge in [-0.05, 0) is 68.3 Å². The number of benzene rings is 2. The van der Waals surface area contributed by atoms with E-state index in [1.165, 1.54) is 6.07 Å². The first-order valence-electron chi connectivity index (χ1n) is 11.8. The molecule has 36 heavy (non-hydrogen) atoms. The minimum Gasteiger partial charge on any atom is -0.315 e. The van der Waals surface area contributed by atoms with Crippen molar-refractivity contribution in [1.29, 1.82) is 5.26 Å². The van der Waals surface area contributed by atoms with E-state index in [1.807, 2.05) is 68.4 Å². The third-order valence-corrected chi connectivity index (χ3v) is 6.22. The van der Waals surface area contributed by atoms with E-state index in [0.717, 1.165) is 16.5 Å². The average Bonchev–Trinajstić information content (AvgIpc) is 2.91. The topological polar surface area (TPSA) is 92.5 Å². The first-order chi connectivity index (χ1) is 17.4. The monoisotopic (exact) mass is 477 g/mol. The molecule has 0 saturated heterocycles. The number of rotatable bonds is 6. The number of amidine groups is 1. The van der Waals surface area contributed by atoms with Gasteiger partial charge in [-0.1, -0.05) is 36.4 Å². The fourth-order valence-electron chi connectivity index (χ4n) is 4.32. The van der Waals surface area contributed by atoms with Crippen LogP contribution >= 0.6 is 0 Å². The maximum Gasteiger partial charge on any atom is 0.263 e. The molecule has 0 saturated carbocycles. The standard InChI is InChI=1S/C29H27N5O2/c1-5-33-18-22(14-15-26(33)35)24-13-9-10-21-16-25(20(3)32-28(31-4)19(2)17-30)34(29(36)27(21)24)23-11-7-6-8-12-23/h6-16,18-20H,4-5H2,1-3H3. The molecule has 0 N–H and O–H groups in total. The zero-order chi connectivity index (χ0) is 25.8. The molecule has 7 nitrogen and oxygen atoms in total. The summed E-state index contributed by atoms with van der Waals surface area (Å²) in [6.07, 6.45) is 1.79. The minimum atomic E-state index is -0.525. The molecule has 0 aliphatic rings. The summed E-state index contributed by atoms with van der Waals surface area (Å²) >= 11 is 0. The van der Waals surface area contributed by atoms with Gasteiger partial charge >= 0.3 is 0 Å². The quantitative estimate of drug-likeness (QED) is 0.284. The lowest BCUT2D eigenvalue weighted by atomic mass is 9.98. The van der Waals surface area contributed by atoms with Crippen molar-refractivity contribution in [1.82, 2.24) is 9.13 Å². The number of fused-ring (bicyclic) bond motifs is 1. The molecular weight excluding hydrogens is 450 g/mol. The summed E-state index contributed by atoms with van der Waals surface area (Å²) in [6.45, 7) is 9.59. The molecule has 4 aromatic rings. The van der Waals surface area contributed by atoms with E-state index in [9.17, 15) is 14.9 Å². The van der Waals surface area contributed by atoms with Crippen LogP contribution in [0.15, 0.2) is 92.5 Å². The third kappa shape index (κ3) is 4.53. The summed E-state index contributed by atoms with van der Waals surface area (Å²) in [5, 5.41) is 10.6. The van der Waals surface area contributed by atoms with E-state index < -0.39 is 12.0 Å². The Morgan fingerprint density at radius 1 is 1.06 bits per heavy atom. The van der Waals surface area contributed by atoms with Crippen molar-refractivity contribution in [3.05, 3.63) is 99.3 Å². The second-order valence-corrected chi connectivity index (χ2v) is 8.53. The second kappa shape index (κ2) is 10.4. The Hall–Kier alpha value is -4.57. The van der Waals surface area contributed by atoms with Gasteiger partial charge in [0, 0.05) is 24.5 Å². The van der Waals surface area contributed by atoms with Gasteiger partial charge in [-0.2, -0.15) is 5.26 Å². The lowest BCUT2D eigenvalue weighted by molar-refractivity contribution is 0.727. The number of para-hydroxylation sites is 1. The minimum absolute atomic E-state index is 0.0876. The number of aromatic nitrogens is 2. The molecule has 180 valence electrons. The summed E-state index contributed by atoms with van der Waals surface area (Å²) < 4.78 is 3.28. The van der Waals surface area contributed by atoms with Crippen LogP contribution in [0.4, 0.5) is 0 Å². The Morgan fingerprint density at radius 3 is 2.47 bits per heavy atom. The molecule has 0 fully saturated rings. The van der Waals surface area contributed by atoms with Crippen LogP contribution in [0.25, 0.3) is 27.6 Å². The number of aliphatic imine (C=N–C) groups is 2. The Kier molecular flexibility index (Phi) is 7.07. The fourth-order valence-corrected chi connectivity index (χ4v) is 4.32. The Labute approximate surface area is 209 Å². The Bertz CT molecular complexity index is 1620. The van der Waals surface area contributed by atoms with Gasteiger partial charge in [0.05, 0.1) is 23.2 Å². The number of hydrogen-bond donors (Lipinski definition) is 0. The Morgan fingerprint density at radius 2 is 1.81 bits per heavy atom. The largest absolute Gasteiger partial charge is 0.315 e. The maximum atomic E-state index is 14.2. The van der Waals surface area contributed by atoms with Crippen molar-refractivity contribution < 1.29 is 0 Å². The zero-order valence-corrected chi connectivity index (χ0v) is 20.5. The molecule has 2 aromatic carbocycles. The van der Waals surface area contributed by atoms with Crippen LogP contribution in [0, 0.1) is 17.2 Å². The van der Waals surface area contributed by atoms with Gasteiger partial charge in [-0.3, -0.25) is 19.1 Å². The van der Waals surface area contributed by atoms with E-state index in [0.29, 0.717) is 29.1 Å². The van der Waals surface area contributed by atoms with Gasteiger partial charge < -0.3 is 4.57 Å². The van der Waals surface area contributed by atoms with E-state index in [2.05, 4.69) is 22.8 Å². The van der Waals surface area contributed by atoms with Crippen LogP contribution in [0.3, 0.4) is 0 Å². The second-order valence-electron chi connectivity index (χ2n) is 8.53. The lowest BCUT2D eigenvalue weighted by Gasteiger charge is -2.19. The van der Waals surface area contributed by atoms with Crippen LogP contribution in [0.1, 0.15) is 32.5 Å². The highest BCUT2D eigenvalue weighted by atomic mass is 16.1. The van der Waals surface area contributed by atoms with Gasteiger partial charge in [0.2, 0.25) is 0 Å². The first kappa shape index (κ1) is 24.6. The van der Waals surface area contributed by atoms with Gasteiger partial charge in [0.25, 0.3) is 11.1 Å². The van der Waals surface area contributed by atoms with Crippen molar-refractivity contribution in [2.45, 2.75) is 33.4 Å². The molecule has 0 aliphatic heterocycles. The first-order valence-corrected chi connectivity index (χ1v) is 11.8. The van der Waals surface area contributed by atoms with Crippen molar-refractivity contribution in [3.63, 3.8) is 0 Å². The van der Waals surface area contributed by atoms with Gasteiger partial charge in [-0.25, -0.2) is 4.99 Å². The van der Waals surface area contributed by atoms with Crippen molar-refractivity contribution >= 4 is 23.3 Å². The fraction of sp³-hybridized carbons (Fsp3) is 0.207. The number of nitriles is 1. The predicted octanol–water partition coefficient (Wildman–Crippen LogP) is 5.16. The highest BCUT2D eigenvalue weighted by Gasteiger charge is 2.20. The zero-order valence-electron chi connectivity index (χ0n) is 20.5. The number of nitrogens with zero attached hydrogens (tertiary/aromatic N) is 5. The maximum absolute atomic E-state index is 14.2. The van der Waals surface area contributed by atoms with Gasteiger partial charge in [0.15, 0.2) is 0 Å². The smallest absolute Gasteiger partial charge is 0.263 e. The van der Waals surface area contributed by atoms with Crippen molar-refractivity contribution in [3.8, 4) is 22.9 Å². The summed E-state index contributed by atoms with van der Waals surface area (Å²) in [7, 11) is 0. The molecule has 4 rings (SSSR count). The molecule has 0 radical (unpaired) electrons. The predicted molar refractivity (Wildman–Crippen MR) is 145 cm³/mol. The SMILES string of the molecule is C=NC(=NC(C)c1cc2cccc(-c3ccc(=O)n(CC)c3)c2c(=O)n1-c1ccccc1)C(C)C#N. The lowest BCUT2D eigenvalue weighted by Crippen LogP contribution is -2.24.